The number of nitrogens with zero attached hydrogens (tertiary/aromatic N) is 1. The van der Waals surface area contributed by atoms with Crippen molar-refractivity contribution in [3.63, 3.8) is 0 Å². The summed E-state index contributed by atoms with van der Waals surface area (Å²) in [6, 6.07) is 18.3. The van der Waals surface area contributed by atoms with Crippen molar-refractivity contribution >= 4 is 0 Å². The molecule has 1 unspecified atom stereocenters. The van der Waals surface area contributed by atoms with E-state index in [-0.39, 0.29) is 0 Å². The molecule has 108 valence electrons. The largest absolute Gasteiger partial charge is 0.492 e. The van der Waals surface area contributed by atoms with Crippen LogP contribution in [0.25, 0.3) is 0 Å². The van der Waals surface area contributed by atoms with Crippen molar-refractivity contribution in [1.82, 2.24) is 4.90 Å². The summed E-state index contributed by atoms with van der Waals surface area (Å²) in [4.78, 5) is 2.14. The summed E-state index contributed by atoms with van der Waals surface area (Å²) in [5, 5.41) is 0. The lowest BCUT2D eigenvalue weighted by Gasteiger charge is -2.19. The summed E-state index contributed by atoms with van der Waals surface area (Å²) in [7, 11) is 4.10. The van der Waals surface area contributed by atoms with Gasteiger partial charge in [-0.3, -0.25) is 0 Å². The molecule has 0 N–H and O–H groups in total. The predicted molar refractivity (Wildman–Crippen MR) is 87.5 cm³/mol. The van der Waals surface area contributed by atoms with E-state index < -0.39 is 0 Å². The molecule has 0 amide bonds. The number of ether oxygens (including phenoxy) is 1. The van der Waals surface area contributed by atoms with Gasteiger partial charge in [0.15, 0.2) is 0 Å². The highest BCUT2D eigenvalue weighted by molar-refractivity contribution is 5.45. The molecule has 0 heterocycles. The van der Waals surface area contributed by atoms with Crippen LogP contribution in [0.1, 0.15) is 18.1 Å². The van der Waals surface area contributed by atoms with Crippen LogP contribution >= 0.6 is 0 Å². The Bertz CT molecular complexity index is 623. The third kappa shape index (κ3) is 4.98. The maximum absolute atomic E-state index is 5.81. The van der Waals surface area contributed by atoms with Gasteiger partial charge in [-0.05, 0) is 51.4 Å². The second-order valence-electron chi connectivity index (χ2n) is 5.27. The summed E-state index contributed by atoms with van der Waals surface area (Å²) in [5.41, 5.74) is 1.99. The van der Waals surface area contributed by atoms with Gasteiger partial charge in [-0.15, -0.1) is 0 Å². The van der Waals surface area contributed by atoms with Gasteiger partial charge in [0, 0.05) is 17.2 Å². The molecule has 21 heavy (non-hydrogen) atoms. The summed E-state index contributed by atoms with van der Waals surface area (Å²) < 4.78 is 5.81. The Kier molecular flexibility index (Phi) is 5.43. The Labute approximate surface area is 127 Å². The molecule has 0 aliphatic carbocycles. The lowest BCUT2D eigenvalue weighted by atomic mass is 10.2. The zero-order valence-corrected chi connectivity index (χ0v) is 12.8. The minimum atomic E-state index is 0.379. The standard InChI is InChI=1S/C19H21NO/c1-16(20(2)3)15-21-19-11-7-10-18(14-19)13-12-17-8-5-4-6-9-17/h4-11,14,16H,15H2,1-3H3. The summed E-state index contributed by atoms with van der Waals surface area (Å²) in [5.74, 6) is 7.19. The molecule has 0 fully saturated rings. The third-order valence-electron chi connectivity index (χ3n) is 3.33. The minimum absolute atomic E-state index is 0.379. The molecular formula is C19H21NO. The van der Waals surface area contributed by atoms with Gasteiger partial charge in [-0.2, -0.15) is 0 Å². The fourth-order valence-corrected chi connectivity index (χ4v) is 1.70. The van der Waals surface area contributed by atoms with E-state index in [4.69, 9.17) is 4.74 Å². The van der Waals surface area contributed by atoms with Crippen molar-refractivity contribution in [3.05, 3.63) is 65.7 Å². The molecule has 0 saturated heterocycles. The van der Waals surface area contributed by atoms with Crippen molar-refractivity contribution < 1.29 is 4.74 Å². The van der Waals surface area contributed by atoms with E-state index in [1.807, 2.05) is 54.6 Å². The smallest absolute Gasteiger partial charge is 0.120 e. The molecule has 0 spiro atoms. The fourth-order valence-electron chi connectivity index (χ4n) is 1.70. The maximum atomic E-state index is 5.81. The average Bonchev–Trinajstić information content (AvgIpc) is 2.52. The third-order valence-corrected chi connectivity index (χ3v) is 3.33. The highest BCUT2D eigenvalue weighted by Gasteiger charge is 2.05. The topological polar surface area (TPSA) is 12.5 Å². The SMILES string of the molecule is CC(COc1cccc(C#Cc2ccccc2)c1)N(C)C. The lowest BCUT2D eigenvalue weighted by molar-refractivity contribution is 0.198. The highest BCUT2D eigenvalue weighted by atomic mass is 16.5. The van der Waals surface area contributed by atoms with Crippen LogP contribution in [-0.4, -0.2) is 31.6 Å². The van der Waals surface area contributed by atoms with Gasteiger partial charge in [0.2, 0.25) is 0 Å². The van der Waals surface area contributed by atoms with Gasteiger partial charge in [0.05, 0.1) is 0 Å². The number of hydrogen-bond acceptors (Lipinski definition) is 2. The zero-order chi connectivity index (χ0) is 15.1. The van der Waals surface area contributed by atoms with Gasteiger partial charge in [-0.1, -0.05) is 36.1 Å². The van der Waals surface area contributed by atoms with Crippen molar-refractivity contribution in [1.29, 1.82) is 0 Å². The normalized spacial score (nSPS) is 11.6. The molecule has 0 bridgehead atoms. The second-order valence-corrected chi connectivity index (χ2v) is 5.27. The van der Waals surface area contributed by atoms with Crippen LogP contribution in [0.2, 0.25) is 0 Å². The average molecular weight is 279 g/mol. The molecule has 2 aromatic rings. The predicted octanol–water partition coefficient (Wildman–Crippen LogP) is 3.42. The molecule has 2 heteroatoms. The van der Waals surface area contributed by atoms with Crippen LogP contribution in [0, 0.1) is 11.8 Å². The van der Waals surface area contributed by atoms with E-state index in [0.717, 1.165) is 16.9 Å². The molecule has 0 aliphatic heterocycles. The van der Waals surface area contributed by atoms with Crippen LogP contribution in [0.15, 0.2) is 54.6 Å². The van der Waals surface area contributed by atoms with E-state index >= 15 is 0 Å². The Morgan fingerprint density at radius 1 is 0.952 bits per heavy atom. The number of likely N-dealkylation sites (N-methyl/N-ethyl adjacent to an activating group) is 1. The first-order valence-corrected chi connectivity index (χ1v) is 7.11. The van der Waals surface area contributed by atoms with E-state index in [2.05, 4.69) is 37.8 Å². The highest BCUT2D eigenvalue weighted by Crippen LogP contribution is 2.13. The number of hydrogen-bond donors (Lipinski definition) is 0. The number of rotatable bonds is 4. The number of benzene rings is 2. The van der Waals surface area contributed by atoms with Gasteiger partial charge in [0.1, 0.15) is 12.4 Å². The van der Waals surface area contributed by atoms with Crippen molar-refractivity contribution in [2.75, 3.05) is 20.7 Å². The van der Waals surface area contributed by atoms with Crippen LogP contribution in [0.4, 0.5) is 0 Å². The van der Waals surface area contributed by atoms with E-state index in [1.54, 1.807) is 0 Å². The molecule has 2 aromatic carbocycles. The minimum Gasteiger partial charge on any atom is -0.492 e. The monoisotopic (exact) mass is 279 g/mol. The molecule has 1 atom stereocenters. The molecule has 2 rings (SSSR count). The van der Waals surface area contributed by atoms with E-state index in [9.17, 15) is 0 Å². The van der Waals surface area contributed by atoms with Crippen LogP contribution in [-0.2, 0) is 0 Å². The molecule has 2 nitrogen and oxygen atoms in total. The summed E-state index contributed by atoms with van der Waals surface area (Å²) in [6.45, 7) is 2.81. The fraction of sp³-hybridized carbons (Fsp3) is 0.263. The maximum Gasteiger partial charge on any atom is 0.120 e. The summed E-state index contributed by atoms with van der Waals surface area (Å²) >= 11 is 0. The molecular weight excluding hydrogens is 258 g/mol. The first-order valence-electron chi connectivity index (χ1n) is 7.11. The molecule has 0 aromatic heterocycles. The Morgan fingerprint density at radius 3 is 2.33 bits per heavy atom. The Morgan fingerprint density at radius 2 is 1.62 bits per heavy atom. The van der Waals surface area contributed by atoms with Gasteiger partial charge in [0.25, 0.3) is 0 Å². The van der Waals surface area contributed by atoms with Crippen LogP contribution < -0.4 is 4.74 Å². The zero-order valence-electron chi connectivity index (χ0n) is 12.8. The van der Waals surface area contributed by atoms with Crippen molar-refractivity contribution in [3.8, 4) is 17.6 Å². The van der Waals surface area contributed by atoms with E-state index in [1.165, 1.54) is 0 Å². The van der Waals surface area contributed by atoms with Gasteiger partial charge >= 0.3 is 0 Å². The summed E-state index contributed by atoms with van der Waals surface area (Å²) in [6.07, 6.45) is 0. The first-order chi connectivity index (χ1) is 10.1. The first kappa shape index (κ1) is 15.2. The second kappa shape index (κ2) is 7.52. The molecule has 0 saturated carbocycles. The van der Waals surface area contributed by atoms with Crippen LogP contribution in [0.5, 0.6) is 5.75 Å². The molecule has 0 aliphatic rings. The van der Waals surface area contributed by atoms with Crippen LogP contribution in [0.3, 0.4) is 0 Å². The van der Waals surface area contributed by atoms with Gasteiger partial charge < -0.3 is 9.64 Å². The molecule has 0 radical (unpaired) electrons. The van der Waals surface area contributed by atoms with Gasteiger partial charge in [-0.25, -0.2) is 0 Å². The Balaban J connectivity index is 2.03. The Hall–Kier alpha value is -2.24. The van der Waals surface area contributed by atoms with Crippen molar-refractivity contribution in [2.24, 2.45) is 0 Å². The van der Waals surface area contributed by atoms with E-state index in [0.29, 0.717) is 12.6 Å². The lowest BCUT2D eigenvalue weighted by Crippen LogP contribution is -2.30. The quantitative estimate of drug-likeness (QED) is 0.795. The van der Waals surface area contributed by atoms with Crippen molar-refractivity contribution in [2.45, 2.75) is 13.0 Å².